The predicted octanol–water partition coefficient (Wildman–Crippen LogP) is 3.26. The molecule has 0 aliphatic rings. The van der Waals surface area contributed by atoms with Crippen LogP contribution in [0, 0.1) is 0 Å². The number of fused-ring (bicyclic) bond motifs is 1. The molecule has 0 saturated carbocycles. The highest BCUT2D eigenvalue weighted by molar-refractivity contribution is 7.99. The van der Waals surface area contributed by atoms with Gasteiger partial charge in [-0.05, 0) is 13.0 Å². The summed E-state index contributed by atoms with van der Waals surface area (Å²) in [5.74, 6) is 2.17. The summed E-state index contributed by atoms with van der Waals surface area (Å²) in [5, 5.41) is 5.07. The zero-order valence-electron chi connectivity index (χ0n) is 12.4. The van der Waals surface area contributed by atoms with Crippen LogP contribution < -0.4 is 0 Å². The minimum absolute atomic E-state index is 0.0403. The van der Waals surface area contributed by atoms with Crippen LogP contribution in [0.5, 0.6) is 0 Å². The van der Waals surface area contributed by atoms with Crippen molar-refractivity contribution in [3.63, 3.8) is 0 Å². The lowest BCUT2D eigenvalue weighted by atomic mass is 9.94. The Bertz CT molecular complexity index is 725. The molecule has 0 spiro atoms. The van der Waals surface area contributed by atoms with E-state index in [2.05, 4.69) is 40.8 Å². The van der Waals surface area contributed by atoms with Gasteiger partial charge in [0.2, 0.25) is 11.0 Å². The van der Waals surface area contributed by atoms with Crippen molar-refractivity contribution in [3.8, 4) is 0 Å². The second-order valence-electron chi connectivity index (χ2n) is 5.83. The highest BCUT2D eigenvalue weighted by Crippen LogP contribution is 2.34. The summed E-state index contributed by atoms with van der Waals surface area (Å²) in [7, 11) is 0. The molecule has 0 amide bonds. The first kappa shape index (κ1) is 14.1. The molecule has 7 heteroatoms. The van der Waals surface area contributed by atoms with Crippen LogP contribution in [0.2, 0.25) is 0 Å². The molecule has 3 aromatic heterocycles. The summed E-state index contributed by atoms with van der Waals surface area (Å²) >= 11 is 1.51. The number of thioether (sulfide) groups is 1. The quantitative estimate of drug-likeness (QED) is 0.692. The third kappa shape index (κ3) is 2.92. The van der Waals surface area contributed by atoms with Gasteiger partial charge in [-0.1, -0.05) is 32.5 Å². The van der Waals surface area contributed by atoms with E-state index < -0.39 is 0 Å². The van der Waals surface area contributed by atoms with Crippen molar-refractivity contribution in [2.24, 2.45) is 0 Å². The largest absolute Gasteiger partial charge is 0.444 e. The van der Waals surface area contributed by atoms with Gasteiger partial charge in [0, 0.05) is 17.8 Å². The Hall–Kier alpha value is -1.89. The van der Waals surface area contributed by atoms with Crippen molar-refractivity contribution < 1.29 is 4.42 Å². The zero-order valence-corrected chi connectivity index (χ0v) is 13.3. The highest BCUT2D eigenvalue weighted by atomic mass is 32.2. The van der Waals surface area contributed by atoms with Crippen molar-refractivity contribution in [1.29, 1.82) is 0 Å². The number of hydrogen-bond acceptors (Lipinski definition) is 6. The Kier molecular flexibility index (Phi) is 3.44. The van der Waals surface area contributed by atoms with E-state index in [1.165, 1.54) is 11.8 Å². The molecule has 0 aromatic carbocycles. The Morgan fingerprint density at radius 3 is 2.76 bits per heavy atom. The maximum atomic E-state index is 5.85. The molecular formula is C14H17N5OS. The molecule has 6 nitrogen and oxygen atoms in total. The van der Waals surface area contributed by atoms with Gasteiger partial charge in [-0.2, -0.15) is 4.98 Å². The summed E-state index contributed by atoms with van der Waals surface area (Å²) in [4.78, 5) is 12.9. The van der Waals surface area contributed by atoms with E-state index in [0.29, 0.717) is 16.8 Å². The molecule has 0 unspecified atom stereocenters. The summed E-state index contributed by atoms with van der Waals surface area (Å²) in [5.41, 5.74) is -0.0408. The van der Waals surface area contributed by atoms with E-state index in [1.807, 2.05) is 19.2 Å². The van der Waals surface area contributed by atoms with E-state index in [-0.39, 0.29) is 10.7 Å². The van der Waals surface area contributed by atoms with Crippen LogP contribution in [-0.2, 0) is 5.41 Å². The van der Waals surface area contributed by atoms with E-state index in [4.69, 9.17) is 4.42 Å². The first-order chi connectivity index (χ1) is 9.93. The van der Waals surface area contributed by atoms with Gasteiger partial charge < -0.3 is 4.42 Å². The molecule has 0 saturated heterocycles. The molecule has 110 valence electrons. The molecule has 0 bridgehead atoms. The standard InChI is InChI=1S/C14H17N5OS/c1-9(11-16-8-10(20-11)14(2,3)4)21-13-17-12-15-6-5-7-19(12)18-13/h5-9H,1-4H3/t9-/m0/s1. The van der Waals surface area contributed by atoms with Gasteiger partial charge in [0.1, 0.15) is 5.76 Å². The Balaban J connectivity index is 1.79. The monoisotopic (exact) mass is 303 g/mol. The van der Waals surface area contributed by atoms with E-state index in [0.717, 1.165) is 5.76 Å². The minimum Gasteiger partial charge on any atom is -0.444 e. The van der Waals surface area contributed by atoms with E-state index >= 15 is 0 Å². The average molecular weight is 303 g/mol. The molecule has 1 atom stereocenters. The topological polar surface area (TPSA) is 69.1 Å². The molecule has 3 heterocycles. The van der Waals surface area contributed by atoms with Crippen molar-refractivity contribution in [1.82, 2.24) is 24.6 Å². The summed E-state index contributed by atoms with van der Waals surface area (Å²) in [6, 6.07) is 1.82. The maximum absolute atomic E-state index is 5.85. The molecule has 0 aliphatic carbocycles. The smallest absolute Gasteiger partial charge is 0.253 e. The molecule has 3 aromatic rings. The number of hydrogen-bond donors (Lipinski definition) is 0. The highest BCUT2D eigenvalue weighted by Gasteiger charge is 2.22. The lowest BCUT2D eigenvalue weighted by Crippen LogP contribution is -2.09. The van der Waals surface area contributed by atoms with Gasteiger partial charge in [0.05, 0.1) is 11.4 Å². The number of oxazole rings is 1. The zero-order chi connectivity index (χ0) is 15.0. The van der Waals surface area contributed by atoms with Crippen molar-refractivity contribution in [2.75, 3.05) is 0 Å². The number of nitrogens with zero attached hydrogens (tertiary/aromatic N) is 5. The minimum atomic E-state index is -0.0408. The molecule has 3 rings (SSSR count). The molecule has 0 N–H and O–H groups in total. The van der Waals surface area contributed by atoms with Gasteiger partial charge in [0.15, 0.2) is 0 Å². The Labute approximate surface area is 127 Å². The van der Waals surface area contributed by atoms with Crippen LogP contribution in [0.15, 0.2) is 34.2 Å². The fourth-order valence-corrected chi connectivity index (χ4v) is 2.59. The normalized spacial score (nSPS) is 13.7. The van der Waals surface area contributed by atoms with Gasteiger partial charge in [-0.3, -0.25) is 0 Å². The molecular weight excluding hydrogens is 286 g/mol. The number of aromatic nitrogens is 5. The van der Waals surface area contributed by atoms with Crippen LogP contribution in [0.3, 0.4) is 0 Å². The molecule has 0 radical (unpaired) electrons. The van der Waals surface area contributed by atoms with Gasteiger partial charge in [-0.15, -0.1) is 5.10 Å². The van der Waals surface area contributed by atoms with E-state index in [1.54, 1.807) is 16.9 Å². The lowest BCUT2D eigenvalue weighted by molar-refractivity contribution is 0.383. The van der Waals surface area contributed by atoms with Crippen LogP contribution in [-0.4, -0.2) is 24.6 Å². The predicted molar refractivity (Wildman–Crippen MR) is 80.3 cm³/mol. The van der Waals surface area contributed by atoms with Gasteiger partial charge >= 0.3 is 0 Å². The van der Waals surface area contributed by atoms with Gasteiger partial charge in [-0.25, -0.2) is 14.5 Å². The van der Waals surface area contributed by atoms with Crippen LogP contribution in [0.1, 0.15) is 44.6 Å². The van der Waals surface area contributed by atoms with E-state index in [9.17, 15) is 0 Å². The fraction of sp³-hybridized carbons (Fsp3) is 0.429. The van der Waals surface area contributed by atoms with Crippen molar-refractivity contribution in [2.45, 2.75) is 43.5 Å². The average Bonchev–Trinajstić information content (AvgIpc) is 3.04. The first-order valence-electron chi connectivity index (χ1n) is 6.74. The molecule has 0 fully saturated rings. The van der Waals surface area contributed by atoms with Crippen LogP contribution >= 0.6 is 11.8 Å². The Morgan fingerprint density at radius 2 is 2.10 bits per heavy atom. The number of rotatable bonds is 3. The second kappa shape index (κ2) is 5.14. The SMILES string of the molecule is C[C@H](Sc1nc2ncccn2n1)c1ncc(C(C)(C)C)o1. The van der Waals surface area contributed by atoms with Crippen LogP contribution in [0.25, 0.3) is 5.78 Å². The summed E-state index contributed by atoms with van der Waals surface area (Å²) < 4.78 is 7.50. The summed E-state index contributed by atoms with van der Waals surface area (Å²) in [6.45, 7) is 8.33. The lowest BCUT2D eigenvalue weighted by Gasteiger charge is -2.13. The second-order valence-corrected chi connectivity index (χ2v) is 7.14. The Morgan fingerprint density at radius 1 is 1.29 bits per heavy atom. The third-order valence-electron chi connectivity index (χ3n) is 2.99. The fourth-order valence-electron chi connectivity index (χ4n) is 1.79. The third-order valence-corrected chi connectivity index (χ3v) is 3.93. The van der Waals surface area contributed by atoms with Crippen molar-refractivity contribution in [3.05, 3.63) is 36.3 Å². The maximum Gasteiger partial charge on any atom is 0.253 e. The van der Waals surface area contributed by atoms with Gasteiger partial charge in [0.25, 0.3) is 5.78 Å². The first-order valence-corrected chi connectivity index (χ1v) is 7.62. The summed E-state index contributed by atoms with van der Waals surface area (Å²) in [6.07, 6.45) is 5.32. The van der Waals surface area contributed by atoms with Crippen LogP contribution in [0.4, 0.5) is 0 Å². The molecule has 0 aliphatic heterocycles. The van der Waals surface area contributed by atoms with Crippen molar-refractivity contribution >= 4 is 17.5 Å². The molecule has 21 heavy (non-hydrogen) atoms.